The minimum Gasteiger partial charge on any atom is -0.457 e. The average Bonchev–Trinajstić information content (AvgIpc) is 2.82. The van der Waals surface area contributed by atoms with E-state index >= 15 is 0 Å². The summed E-state index contributed by atoms with van der Waals surface area (Å²) < 4.78 is 10.8. The van der Waals surface area contributed by atoms with E-state index in [1.165, 1.54) is 12.6 Å². The summed E-state index contributed by atoms with van der Waals surface area (Å²) in [6, 6.07) is 15.7. The van der Waals surface area contributed by atoms with Crippen LogP contribution >= 0.6 is 11.6 Å². The largest absolute Gasteiger partial charge is 0.457 e. The van der Waals surface area contributed by atoms with Crippen molar-refractivity contribution in [2.24, 2.45) is 5.92 Å². The second-order valence-electron chi connectivity index (χ2n) is 7.91. The van der Waals surface area contributed by atoms with Crippen molar-refractivity contribution in [3.63, 3.8) is 0 Å². The summed E-state index contributed by atoms with van der Waals surface area (Å²) in [4.78, 5) is 25.3. The van der Waals surface area contributed by atoms with E-state index in [1.807, 2.05) is 36.4 Å². The van der Waals surface area contributed by atoms with Gasteiger partial charge in [-0.1, -0.05) is 23.7 Å². The molecule has 172 valence electrons. The lowest BCUT2D eigenvalue weighted by atomic mass is 9.94. The van der Waals surface area contributed by atoms with E-state index in [4.69, 9.17) is 21.1 Å². The number of ether oxygens (including phenoxy) is 2. The first-order valence-electron chi connectivity index (χ1n) is 10.8. The van der Waals surface area contributed by atoms with Crippen LogP contribution in [-0.4, -0.2) is 50.2 Å². The molecule has 1 saturated heterocycles. The molecule has 32 heavy (non-hydrogen) atoms. The van der Waals surface area contributed by atoms with Gasteiger partial charge < -0.3 is 20.1 Å². The Morgan fingerprint density at radius 1 is 1.12 bits per heavy atom. The van der Waals surface area contributed by atoms with E-state index in [9.17, 15) is 9.59 Å². The number of halogens is 1. The number of nitrogens with zero attached hydrogens (tertiary/aromatic N) is 1. The lowest BCUT2D eigenvalue weighted by molar-refractivity contribution is -0.123. The Balaban J connectivity index is 1.46. The second-order valence-corrected chi connectivity index (χ2v) is 8.35. The van der Waals surface area contributed by atoms with E-state index in [1.54, 1.807) is 0 Å². The molecule has 0 bridgehead atoms. The molecular weight excluding hydrogens is 430 g/mol. The lowest BCUT2D eigenvalue weighted by Crippen LogP contribution is -2.40. The second kappa shape index (κ2) is 11.7. The van der Waals surface area contributed by atoms with Crippen LogP contribution in [0.15, 0.2) is 48.5 Å². The van der Waals surface area contributed by atoms with Gasteiger partial charge in [0.1, 0.15) is 11.5 Å². The maximum Gasteiger partial charge on any atom is 0.407 e. The van der Waals surface area contributed by atoms with Crippen LogP contribution < -0.4 is 15.4 Å². The van der Waals surface area contributed by atoms with Crippen molar-refractivity contribution in [2.45, 2.75) is 25.8 Å². The number of carbonyl (C=O) groups excluding carboxylic acids is 2. The van der Waals surface area contributed by atoms with Gasteiger partial charge in [0.05, 0.1) is 0 Å². The SMILES string of the molecule is CNC(=O)COC(=O)NCC1CCN(C(C)c2cccc(Oc3ccc(Cl)cc3)c2)CC1. The van der Waals surface area contributed by atoms with Gasteiger partial charge in [0.15, 0.2) is 6.61 Å². The van der Waals surface area contributed by atoms with Crippen LogP contribution in [0.5, 0.6) is 11.5 Å². The van der Waals surface area contributed by atoms with Crippen LogP contribution in [0.1, 0.15) is 31.4 Å². The highest BCUT2D eigenvalue weighted by Crippen LogP contribution is 2.30. The number of hydrogen-bond acceptors (Lipinski definition) is 5. The normalized spacial score (nSPS) is 15.6. The van der Waals surface area contributed by atoms with Crippen molar-refractivity contribution < 1.29 is 19.1 Å². The molecule has 0 saturated carbocycles. The van der Waals surface area contributed by atoms with E-state index < -0.39 is 6.09 Å². The van der Waals surface area contributed by atoms with Gasteiger partial charge in [0.25, 0.3) is 5.91 Å². The molecule has 0 spiro atoms. The molecule has 0 aromatic heterocycles. The van der Waals surface area contributed by atoms with Crippen molar-refractivity contribution in [1.29, 1.82) is 0 Å². The Morgan fingerprint density at radius 2 is 1.84 bits per heavy atom. The molecule has 7 nitrogen and oxygen atoms in total. The van der Waals surface area contributed by atoms with Crippen molar-refractivity contribution in [1.82, 2.24) is 15.5 Å². The zero-order valence-corrected chi connectivity index (χ0v) is 19.2. The molecule has 1 fully saturated rings. The first kappa shape index (κ1) is 23.9. The van der Waals surface area contributed by atoms with E-state index in [0.717, 1.165) is 37.4 Å². The maximum absolute atomic E-state index is 11.7. The number of benzene rings is 2. The van der Waals surface area contributed by atoms with Gasteiger partial charge in [0, 0.05) is 24.7 Å². The quantitative estimate of drug-likeness (QED) is 0.612. The Hall–Kier alpha value is -2.77. The Bertz CT molecular complexity index is 898. The number of likely N-dealkylation sites (tertiary alicyclic amines) is 1. The molecule has 2 N–H and O–H groups in total. The number of likely N-dealkylation sites (N-methyl/N-ethyl adjacent to an activating group) is 1. The predicted molar refractivity (Wildman–Crippen MR) is 124 cm³/mol. The van der Waals surface area contributed by atoms with Crippen LogP contribution in [-0.2, 0) is 9.53 Å². The average molecular weight is 460 g/mol. The van der Waals surface area contributed by atoms with Crippen LogP contribution in [0, 0.1) is 5.92 Å². The van der Waals surface area contributed by atoms with Crippen LogP contribution in [0.2, 0.25) is 5.02 Å². The number of alkyl carbamates (subject to hydrolysis) is 1. The van der Waals surface area contributed by atoms with E-state index in [-0.39, 0.29) is 18.6 Å². The monoisotopic (exact) mass is 459 g/mol. The first-order valence-corrected chi connectivity index (χ1v) is 11.2. The number of amides is 2. The molecule has 1 atom stereocenters. The summed E-state index contributed by atoms with van der Waals surface area (Å²) in [5.74, 6) is 1.61. The highest BCUT2D eigenvalue weighted by Gasteiger charge is 2.24. The van der Waals surface area contributed by atoms with Crippen molar-refractivity contribution in [3.8, 4) is 11.5 Å². The summed E-state index contributed by atoms with van der Waals surface area (Å²) in [6.07, 6.45) is 1.42. The number of piperidine rings is 1. The summed E-state index contributed by atoms with van der Waals surface area (Å²) in [5.41, 5.74) is 1.20. The molecule has 1 aliphatic rings. The Morgan fingerprint density at radius 3 is 2.53 bits per heavy atom. The van der Waals surface area contributed by atoms with Crippen molar-refractivity contribution in [2.75, 3.05) is 33.3 Å². The molecule has 1 aliphatic heterocycles. The van der Waals surface area contributed by atoms with Gasteiger partial charge in [-0.2, -0.15) is 0 Å². The topological polar surface area (TPSA) is 79.9 Å². The minimum atomic E-state index is -0.554. The molecule has 1 unspecified atom stereocenters. The molecule has 1 heterocycles. The zero-order valence-electron chi connectivity index (χ0n) is 18.5. The third kappa shape index (κ3) is 7.14. The van der Waals surface area contributed by atoms with Crippen LogP contribution in [0.4, 0.5) is 4.79 Å². The highest BCUT2D eigenvalue weighted by molar-refractivity contribution is 6.30. The van der Waals surface area contributed by atoms with Crippen LogP contribution in [0.3, 0.4) is 0 Å². The minimum absolute atomic E-state index is 0.259. The van der Waals surface area contributed by atoms with Crippen molar-refractivity contribution >= 4 is 23.6 Å². The molecule has 0 radical (unpaired) electrons. The summed E-state index contributed by atoms with van der Waals surface area (Å²) in [6.45, 7) is 4.39. The Labute approximate surface area is 194 Å². The highest BCUT2D eigenvalue weighted by atomic mass is 35.5. The fraction of sp³-hybridized carbons (Fsp3) is 0.417. The molecule has 8 heteroatoms. The van der Waals surface area contributed by atoms with Crippen molar-refractivity contribution in [3.05, 3.63) is 59.1 Å². The van der Waals surface area contributed by atoms with Gasteiger partial charge in [0.2, 0.25) is 0 Å². The summed E-state index contributed by atoms with van der Waals surface area (Å²) >= 11 is 5.94. The molecule has 2 amide bonds. The summed E-state index contributed by atoms with van der Waals surface area (Å²) in [7, 11) is 1.50. The van der Waals surface area contributed by atoms with E-state index in [2.05, 4.69) is 34.6 Å². The fourth-order valence-corrected chi connectivity index (χ4v) is 3.84. The van der Waals surface area contributed by atoms with Gasteiger partial charge in [-0.05, 0) is 80.7 Å². The third-order valence-electron chi connectivity index (χ3n) is 5.73. The number of nitrogens with one attached hydrogen (secondary N) is 2. The van der Waals surface area contributed by atoms with Gasteiger partial charge in [-0.25, -0.2) is 4.79 Å². The smallest absolute Gasteiger partial charge is 0.407 e. The lowest BCUT2D eigenvalue weighted by Gasteiger charge is -2.36. The van der Waals surface area contributed by atoms with Gasteiger partial charge in [-0.15, -0.1) is 0 Å². The van der Waals surface area contributed by atoms with E-state index in [0.29, 0.717) is 17.5 Å². The molecule has 0 aliphatic carbocycles. The zero-order chi connectivity index (χ0) is 22.9. The van der Waals surface area contributed by atoms with Gasteiger partial charge in [-0.3, -0.25) is 9.69 Å². The molecule has 3 rings (SSSR count). The third-order valence-corrected chi connectivity index (χ3v) is 5.99. The van der Waals surface area contributed by atoms with Crippen LogP contribution in [0.25, 0.3) is 0 Å². The first-order chi connectivity index (χ1) is 15.4. The molecule has 2 aromatic rings. The molecule has 2 aromatic carbocycles. The number of hydrogen-bond donors (Lipinski definition) is 2. The fourth-order valence-electron chi connectivity index (χ4n) is 3.71. The maximum atomic E-state index is 11.7. The number of carbonyl (C=O) groups is 2. The Kier molecular flexibility index (Phi) is 8.76. The molecular formula is C24H30ClN3O4. The standard InChI is InChI=1S/C24H30ClN3O4/c1-17(19-4-3-5-22(14-19)32-21-8-6-20(25)7-9-21)28-12-10-18(11-13-28)15-27-24(30)31-16-23(29)26-2/h3-9,14,17-18H,10-13,15-16H2,1-2H3,(H,26,29)(H,27,30). The van der Waals surface area contributed by atoms with Gasteiger partial charge >= 0.3 is 6.09 Å². The summed E-state index contributed by atoms with van der Waals surface area (Å²) in [5, 5.41) is 5.85. The predicted octanol–water partition coefficient (Wildman–Crippen LogP) is 4.38. The number of rotatable bonds is 8.